The first-order valence-corrected chi connectivity index (χ1v) is 10.8. The molecule has 10 heteroatoms. The Labute approximate surface area is 183 Å². The van der Waals surface area contributed by atoms with Gasteiger partial charge in [0.05, 0.1) is 17.2 Å². The second kappa shape index (κ2) is 8.91. The number of nitrogens with zero attached hydrogens (tertiary/aromatic N) is 3. The third-order valence-electron chi connectivity index (χ3n) is 6.03. The molecule has 0 radical (unpaired) electrons. The molecule has 1 saturated heterocycles. The van der Waals surface area contributed by atoms with E-state index in [1.54, 1.807) is 7.05 Å². The zero-order chi connectivity index (χ0) is 22.9. The minimum Gasteiger partial charge on any atom is -0.359 e. The van der Waals surface area contributed by atoms with Crippen LogP contribution in [0.4, 0.5) is 35.0 Å². The molecule has 1 fully saturated rings. The first-order valence-electron chi connectivity index (χ1n) is 10.8. The molecule has 6 nitrogen and oxygen atoms in total. The van der Waals surface area contributed by atoms with Crippen LogP contribution in [0.5, 0.6) is 0 Å². The van der Waals surface area contributed by atoms with Gasteiger partial charge in [0.15, 0.2) is 0 Å². The molecule has 1 amide bonds. The fourth-order valence-electron chi connectivity index (χ4n) is 4.43. The number of carbonyl (C=O) groups is 1. The van der Waals surface area contributed by atoms with Gasteiger partial charge in [0.25, 0.3) is 0 Å². The van der Waals surface area contributed by atoms with Gasteiger partial charge in [0.2, 0.25) is 11.9 Å². The Morgan fingerprint density at radius 2 is 1.94 bits per heavy atom. The summed E-state index contributed by atoms with van der Waals surface area (Å²) in [5.41, 5.74) is 0.617. The number of halogens is 4. The fourth-order valence-corrected chi connectivity index (χ4v) is 4.43. The maximum atomic E-state index is 13.6. The van der Waals surface area contributed by atoms with E-state index in [1.807, 2.05) is 0 Å². The van der Waals surface area contributed by atoms with E-state index >= 15 is 0 Å². The summed E-state index contributed by atoms with van der Waals surface area (Å²) in [6.07, 6.45) is 0.391. The van der Waals surface area contributed by atoms with Crippen LogP contribution in [0.3, 0.4) is 0 Å². The average molecular weight is 451 g/mol. The van der Waals surface area contributed by atoms with E-state index in [1.165, 1.54) is 6.07 Å². The molecule has 2 heterocycles. The van der Waals surface area contributed by atoms with Crippen LogP contribution in [0.2, 0.25) is 0 Å². The number of carbonyl (C=O) groups excluding carboxylic acids is 1. The van der Waals surface area contributed by atoms with E-state index in [4.69, 9.17) is 0 Å². The highest BCUT2D eigenvalue weighted by atomic mass is 19.4. The first kappa shape index (κ1) is 22.3. The van der Waals surface area contributed by atoms with E-state index in [9.17, 15) is 22.4 Å². The maximum absolute atomic E-state index is 13.6. The molecule has 32 heavy (non-hydrogen) atoms. The summed E-state index contributed by atoms with van der Waals surface area (Å²) in [7, 11) is 1.62. The average Bonchev–Trinajstić information content (AvgIpc) is 2.78. The van der Waals surface area contributed by atoms with Gasteiger partial charge in [-0.05, 0) is 56.7 Å². The number of fused-ring (bicyclic) bond motifs is 1. The van der Waals surface area contributed by atoms with Crippen molar-refractivity contribution in [2.75, 3.05) is 30.4 Å². The molecule has 0 saturated carbocycles. The summed E-state index contributed by atoms with van der Waals surface area (Å²) in [6, 6.07) is 2.74. The number of aromatic nitrogens is 2. The minimum absolute atomic E-state index is 0.0121. The molecule has 1 aliphatic heterocycles. The topological polar surface area (TPSA) is 70.2 Å². The Hall–Kier alpha value is -2.91. The van der Waals surface area contributed by atoms with Crippen LogP contribution in [0, 0.1) is 11.7 Å². The van der Waals surface area contributed by atoms with Gasteiger partial charge < -0.3 is 15.5 Å². The standard InChI is InChI=1S/C22H25F4N5O/c1-27-20(32)13-5-4-10-31(12-13)19-15-6-2-3-7-18(15)29-21(30-19)28-14-8-9-17(23)16(11-14)22(24,25)26/h8-9,11,13H,2-7,10,12H2,1H3,(H,27,32)(H,28,29,30). The van der Waals surface area contributed by atoms with E-state index in [2.05, 4.69) is 25.5 Å². The highest BCUT2D eigenvalue weighted by Crippen LogP contribution is 2.35. The van der Waals surface area contributed by atoms with Crippen molar-refractivity contribution in [1.29, 1.82) is 0 Å². The van der Waals surface area contributed by atoms with Crippen LogP contribution >= 0.6 is 0 Å². The van der Waals surface area contributed by atoms with Crippen LogP contribution < -0.4 is 15.5 Å². The van der Waals surface area contributed by atoms with Gasteiger partial charge >= 0.3 is 6.18 Å². The van der Waals surface area contributed by atoms with E-state index in [0.717, 1.165) is 74.3 Å². The second-order valence-electron chi connectivity index (χ2n) is 8.22. The van der Waals surface area contributed by atoms with Crippen molar-refractivity contribution in [1.82, 2.24) is 15.3 Å². The molecule has 0 bridgehead atoms. The largest absolute Gasteiger partial charge is 0.419 e. The summed E-state index contributed by atoms with van der Waals surface area (Å²) >= 11 is 0. The van der Waals surface area contributed by atoms with Crippen molar-refractivity contribution in [3.05, 3.63) is 40.8 Å². The zero-order valence-corrected chi connectivity index (χ0v) is 17.7. The van der Waals surface area contributed by atoms with E-state index < -0.39 is 17.6 Å². The van der Waals surface area contributed by atoms with Crippen molar-refractivity contribution in [2.45, 2.75) is 44.7 Å². The number of hydrogen-bond acceptors (Lipinski definition) is 5. The van der Waals surface area contributed by atoms with Crippen molar-refractivity contribution in [2.24, 2.45) is 5.92 Å². The highest BCUT2D eigenvalue weighted by molar-refractivity contribution is 5.79. The highest BCUT2D eigenvalue weighted by Gasteiger charge is 2.34. The third-order valence-corrected chi connectivity index (χ3v) is 6.03. The summed E-state index contributed by atoms with van der Waals surface area (Å²) in [6.45, 7) is 1.27. The molecule has 1 atom stereocenters. The Morgan fingerprint density at radius 3 is 2.69 bits per heavy atom. The summed E-state index contributed by atoms with van der Waals surface area (Å²) in [4.78, 5) is 23.4. The van der Waals surface area contributed by atoms with Crippen molar-refractivity contribution >= 4 is 23.4 Å². The molecule has 2 aromatic rings. The summed E-state index contributed by atoms with van der Waals surface area (Å²) < 4.78 is 52.9. The lowest BCUT2D eigenvalue weighted by Gasteiger charge is -2.35. The lowest BCUT2D eigenvalue weighted by Crippen LogP contribution is -2.43. The van der Waals surface area contributed by atoms with Crippen LogP contribution in [0.25, 0.3) is 0 Å². The van der Waals surface area contributed by atoms with Gasteiger partial charge in [-0.15, -0.1) is 0 Å². The fraction of sp³-hybridized carbons (Fsp3) is 0.500. The Kier molecular flexibility index (Phi) is 6.21. The minimum atomic E-state index is -4.80. The number of hydrogen-bond donors (Lipinski definition) is 2. The number of piperidine rings is 1. The molecule has 1 aliphatic carbocycles. The number of alkyl halides is 3. The van der Waals surface area contributed by atoms with Crippen LogP contribution in [0.1, 0.15) is 42.5 Å². The maximum Gasteiger partial charge on any atom is 0.419 e. The lowest BCUT2D eigenvalue weighted by molar-refractivity contribution is -0.140. The zero-order valence-electron chi connectivity index (χ0n) is 17.7. The summed E-state index contributed by atoms with van der Waals surface area (Å²) in [5.74, 6) is -0.595. The molecular weight excluding hydrogens is 426 g/mol. The molecular formula is C22H25F4N5O. The number of amides is 1. The van der Waals surface area contributed by atoms with Gasteiger partial charge in [0.1, 0.15) is 11.6 Å². The quantitative estimate of drug-likeness (QED) is 0.682. The van der Waals surface area contributed by atoms with Gasteiger partial charge in [-0.25, -0.2) is 9.37 Å². The van der Waals surface area contributed by atoms with Gasteiger partial charge in [-0.3, -0.25) is 4.79 Å². The third kappa shape index (κ3) is 4.63. The first-order chi connectivity index (χ1) is 15.3. The van der Waals surface area contributed by atoms with E-state index in [-0.39, 0.29) is 23.5 Å². The van der Waals surface area contributed by atoms with Gasteiger partial charge in [-0.2, -0.15) is 18.2 Å². The SMILES string of the molecule is CNC(=O)C1CCCN(c2nc(Nc3ccc(F)c(C(F)(F)F)c3)nc3c2CCCC3)C1. The number of benzene rings is 1. The molecule has 172 valence electrons. The number of anilines is 3. The predicted molar refractivity (Wildman–Crippen MR) is 112 cm³/mol. The van der Waals surface area contributed by atoms with Crippen molar-refractivity contribution < 1.29 is 22.4 Å². The molecule has 2 aliphatic rings. The molecule has 1 aromatic carbocycles. The van der Waals surface area contributed by atoms with Crippen LogP contribution in [-0.2, 0) is 23.8 Å². The Bertz CT molecular complexity index is 1010. The molecule has 4 rings (SSSR count). The van der Waals surface area contributed by atoms with Crippen molar-refractivity contribution in [3.8, 4) is 0 Å². The van der Waals surface area contributed by atoms with Crippen molar-refractivity contribution in [3.63, 3.8) is 0 Å². The van der Waals surface area contributed by atoms with Crippen LogP contribution in [0.15, 0.2) is 18.2 Å². The van der Waals surface area contributed by atoms with Gasteiger partial charge in [0, 0.05) is 31.4 Å². The van der Waals surface area contributed by atoms with Gasteiger partial charge in [-0.1, -0.05) is 0 Å². The Morgan fingerprint density at radius 1 is 1.16 bits per heavy atom. The predicted octanol–water partition coefficient (Wildman–Crippen LogP) is 4.22. The molecule has 0 spiro atoms. The number of nitrogens with one attached hydrogen (secondary N) is 2. The molecule has 1 unspecified atom stereocenters. The number of aryl methyl sites for hydroxylation is 1. The molecule has 1 aromatic heterocycles. The summed E-state index contributed by atoms with van der Waals surface area (Å²) in [5, 5.41) is 5.53. The number of rotatable bonds is 4. The van der Waals surface area contributed by atoms with Crippen LogP contribution in [-0.4, -0.2) is 36.0 Å². The molecule has 2 N–H and O–H groups in total. The second-order valence-corrected chi connectivity index (χ2v) is 8.22. The Balaban J connectivity index is 1.67. The lowest BCUT2D eigenvalue weighted by atomic mass is 9.93. The monoisotopic (exact) mass is 451 g/mol. The van der Waals surface area contributed by atoms with E-state index in [0.29, 0.717) is 6.54 Å². The smallest absolute Gasteiger partial charge is 0.359 e. The normalized spacial score (nSPS) is 18.8.